The van der Waals surface area contributed by atoms with Crippen LogP contribution in [0.5, 0.6) is 5.75 Å². The van der Waals surface area contributed by atoms with E-state index in [2.05, 4.69) is 9.97 Å². The molecule has 2 aromatic carbocycles. The lowest BCUT2D eigenvalue weighted by atomic mass is 10.1. The number of rotatable bonds is 7. The number of aryl methyl sites for hydroxylation is 1. The quantitative estimate of drug-likeness (QED) is 0.365. The Morgan fingerprint density at radius 3 is 2.74 bits per heavy atom. The first kappa shape index (κ1) is 17.2. The molecule has 0 saturated carbocycles. The predicted octanol–water partition coefficient (Wildman–Crippen LogP) is 4.84. The summed E-state index contributed by atoms with van der Waals surface area (Å²) >= 11 is 0. The highest BCUT2D eigenvalue weighted by molar-refractivity contribution is 5.98. The lowest BCUT2D eigenvalue weighted by Crippen LogP contribution is -2.09. The molecule has 2 aromatic heterocycles. The number of H-pyrrole nitrogens is 2. The standard InChI is InChI=1S/C22H22N2O3/c1-2-26-22(25)21-16(15-7-3-4-9-19(15)24-21)8-6-14-27-20-11-5-10-18-17(20)12-13-23-18/h3-5,7,9-13,23-24H,2,6,8,14H2,1H3. The molecular formula is C22H22N2O3. The average Bonchev–Trinajstić information content (AvgIpc) is 3.30. The lowest BCUT2D eigenvalue weighted by Gasteiger charge is -2.08. The van der Waals surface area contributed by atoms with Gasteiger partial charge < -0.3 is 19.4 Å². The van der Waals surface area contributed by atoms with Crippen molar-refractivity contribution in [3.63, 3.8) is 0 Å². The van der Waals surface area contributed by atoms with Crippen LogP contribution in [-0.4, -0.2) is 29.2 Å². The van der Waals surface area contributed by atoms with E-state index < -0.39 is 0 Å². The molecular weight excluding hydrogens is 340 g/mol. The average molecular weight is 362 g/mol. The molecule has 0 unspecified atom stereocenters. The molecule has 5 nitrogen and oxygen atoms in total. The zero-order valence-corrected chi connectivity index (χ0v) is 15.2. The van der Waals surface area contributed by atoms with Crippen molar-refractivity contribution in [2.24, 2.45) is 0 Å². The van der Waals surface area contributed by atoms with Crippen molar-refractivity contribution in [1.82, 2.24) is 9.97 Å². The van der Waals surface area contributed by atoms with Gasteiger partial charge in [0.25, 0.3) is 0 Å². The molecule has 138 valence electrons. The van der Waals surface area contributed by atoms with Gasteiger partial charge in [0.15, 0.2) is 0 Å². The molecule has 0 saturated heterocycles. The van der Waals surface area contributed by atoms with Crippen LogP contribution < -0.4 is 4.74 Å². The largest absolute Gasteiger partial charge is 0.493 e. The number of fused-ring (bicyclic) bond motifs is 2. The Morgan fingerprint density at radius 2 is 1.85 bits per heavy atom. The van der Waals surface area contributed by atoms with Crippen molar-refractivity contribution in [3.05, 3.63) is 66.0 Å². The fourth-order valence-electron chi connectivity index (χ4n) is 3.45. The Morgan fingerprint density at radius 1 is 1.00 bits per heavy atom. The zero-order chi connectivity index (χ0) is 18.6. The topological polar surface area (TPSA) is 67.1 Å². The highest BCUT2D eigenvalue weighted by Gasteiger charge is 2.18. The second-order valence-electron chi connectivity index (χ2n) is 6.39. The molecule has 0 fully saturated rings. The number of para-hydroxylation sites is 1. The number of aromatic nitrogens is 2. The van der Waals surface area contributed by atoms with Crippen LogP contribution in [0.1, 0.15) is 29.4 Å². The van der Waals surface area contributed by atoms with E-state index in [1.807, 2.05) is 61.7 Å². The number of hydrogen-bond acceptors (Lipinski definition) is 3. The Balaban J connectivity index is 1.49. The van der Waals surface area contributed by atoms with Crippen LogP contribution in [0.3, 0.4) is 0 Å². The van der Waals surface area contributed by atoms with Gasteiger partial charge in [-0.1, -0.05) is 24.3 Å². The molecule has 0 aliphatic rings. The molecule has 4 rings (SSSR count). The van der Waals surface area contributed by atoms with E-state index >= 15 is 0 Å². The van der Waals surface area contributed by atoms with Crippen LogP contribution in [0, 0.1) is 0 Å². The Hall–Kier alpha value is -3.21. The van der Waals surface area contributed by atoms with E-state index in [-0.39, 0.29) is 5.97 Å². The first-order valence-electron chi connectivity index (χ1n) is 9.23. The number of esters is 1. The van der Waals surface area contributed by atoms with Crippen LogP contribution in [0.25, 0.3) is 21.8 Å². The molecule has 27 heavy (non-hydrogen) atoms. The number of aromatic amines is 2. The Bertz CT molecular complexity index is 1080. The Kier molecular flexibility index (Phi) is 4.83. The third-order valence-electron chi connectivity index (χ3n) is 4.68. The molecule has 0 atom stereocenters. The first-order valence-corrected chi connectivity index (χ1v) is 9.23. The molecule has 4 aromatic rings. The number of carbonyl (C=O) groups is 1. The monoisotopic (exact) mass is 362 g/mol. The van der Waals surface area contributed by atoms with Crippen LogP contribution in [0.4, 0.5) is 0 Å². The van der Waals surface area contributed by atoms with Gasteiger partial charge in [-0.25, -0.2) is 4.79 Å². The maximum Gasteiger partial charge on any atom is 0.355 e. The molecule has 0 spiro atoms. The predicted molar refractivity (Wildman–Crippen MR) is 106 cm³/mol. The molecule has 2 heterocycles. The zero-order valence-electron chi connectivity index (χ0n) is 15.2. The van der Waals surface area contributed by atoms with Gasteiger partial charge in [-0.3, -0.25) is 0 Å². The number of ether oxygens (including phenoxy) is 2. The van der Waals surface area contributed by atoms with E-state index in [0.717, 1.165) is 46.0 Å². The van der Waals surface area contributed by atoms with Gasteiger partial charge in [-0.05, 0) is 49.6 Å². The smallest absolute Gasteiger partial charge is 0.355 e. The lowest BCUT2D eigenvalue weighted by molar-refractivity contribution is 0.0519. The number of nitrogens with one attached hydrogen (secondary N) is 2. The second kappa shape index (κ2) is 7.58. The van der Waals surface area contributed by atoms with Crippen molar-refractivity contribution < 1.29 is 14.3 Å². The summed E-state index contributed by atoms with van der Waals surface area (Å²) in [6.45, 7) is 2.75. The minimum Gasteiger partial charge on any atom is -0.493 e. The van der Waals surface area contributed by atoms with Crippen LogP contribution in [0.15, 0.2) is 54.7 Å². The third-order valence-corrected chi connectivity index (χ3v) is 4.68. The molecule has 2 N–H and O–H groups in total. The summed E-state index contributed by atoms with van der Waals surface area (Å²) in [5, 5.41) is 2.14. The number of carbonyl (C=O) groups excluding carboxylic acids is 1. The van der Waals surface area contributed by atoms with Crippen molar-refractivity contribution in [2.75, 3.05) is 13.2 Å². The first-order chi connectivity index (χ1) is 13.3. The molecule has 0 radical (unpaired) electrons. The van der Waals surface area contributed by atoms with E-state index in [9.17, 15) is 4.79 Å². The van der Waals surface area contributed by atoms with Crippen LogP contribution in [0.2, 0.25) is 0 Å². The van der Waals surface area contributed by atoms with Gasteiger partial charge in [-0.2, -0.15) is 0 Å². The summed E-state index contributed by atoms with van der Waals surface area (Å²) in [6.07, 6.45) is 3.45. The summed E-state index contributed by atoms with van der Waals surface area (Å²) in [7, 11) is 0. The minimum absolute atomic E-state index is 0.304. The summed E-state index contributed by atoms with van der Waals surface area (Å²) in [4.78, 5) is 18.7. The summed E-state index contributed by atoms with van der Waals surface area (Å²) in [5.74, 6) is 0.569. The summed E-state index contributed by atoms with van der Waals surface area (Å²) in [6, 6.07) is 16.0. The van der Waals surface area contributed by atoms with Crippen molar-refractivity contribution in [3.8, 4) is 5.75 Å². The summed E-state index contributed by atoms with van der Waals surface area (Å²) in [5.41, 5.74) is 3.56. The van der Waals surface area contributed by atoms with E-state index in [1.165, 1.54) is 0 Å². The highest BCUT2D eigenvalue weighted by Crippen LogP contribution is 2.26. The highest BCUT2D eigenvalue weighted by atomic mass is 16.5. The Labute approximate surface area is 157 Å². The fraction of sp³-hybridized carbons (Fsp3) is 0.227. The van der Waals surface area contributed by atoms with Gasteiger partial charge in [0.2, 0.25) is 0 Å². The molecule has 0 bridgehead atoms. The second-order valence-corrected chi connectivity index (χ2v) is 6.39. The van der Waals surface area contributed by atoms with E-state index in [0.29, 0.717) is 18.9 Å². The number of benzene rings is 2. The van der Waals surface area contributed by atoms with E-state index in [4.69, 9.17) is 9.47 Å². The van der Waals surface area contributed by atoms with Gasteiger partial charge in [0, 0.05) is 28.0 Å². The minimum atomic E-state index is -0.304. The van der Waals surface area contributed by atoms with Gasteiger partial charge in [0.05, 0.1) is 13.2 Å². The van der Waals surface area contributed by atoms with Gasteiger partial charge in [0.1, 0.15) is 11.4 Å². The van der Waals surface area contributed by atoms with Gasteiger partial charge >= 0.3 is 5.97 Å². The molecule has 0 amide bonds. The maximum atomic E-state index is 12.3. The molecule has 0 aliphatic heterocycles. The van der Waals surface area contributed by atoms with Crippen molar-refractivity contribution in [2.45, 2.75) is 19.8 Å². The van der Waals surface area contributed by atoms with Crippen LogP contribution >= 0.6 is 0 Å². The van der Waals surface area contributed by atoms with Crippen molar-refractivity contribution in [1.29, 1.82) is 0 Å². The normalized spacial score (nSPS) is 11.1. The number of hydrogen-bond donors (Lipinski definition) is 2. The molecule has 0 aliphatic carbocycles. The van der Waals surface area contributed by atoms with E-state index in [1.54, 1.807) is 0 Å². The van der Waals surface area contributed by atoms with Crippen molar-refractivity contribution >= 4 is 27.8 Å². The maximum absolute atomic E-state index is 12.3. The summed E-state index contributed by atoms with van der Waals surface area (Å²) < 4.78 is 11.2. The molecule has 5 heteroatoms. The third kappa shape index (κ3) is 3.40. The fourth-order valence-corrected chi connectivity index (χ4v) is 3.45. The van der Waals surface area contributed by atoms with Crippen LogP contribution in [-0.2, 0) is 11.2 Å². The van der Waals surface area contributed by atoms with Gasteiger partial charge in [-0.15, -0.1) is 0 Å². The SMILES string of the molecule is CCOC(=O)c1[nH]c2ccccc2c1CCCOc1cccc2[nH]ccc12.